The smallest absolute Gasteiger partial charge is 0.325 e. The summed E-state index contributed by atoms with van der Waals surface area (Å²) in [6.07, 6.45) is 9.20. The number of piperidine rings is 1. The number of rotatable bonds is 4. The van der Waals surface area contributed by atoms with Crippen LogP contribution in [0.15, 0.2) is 4.99 Å². The maximum Gasteiger partial charge on any atom is 0.325 e. The molecule has 1 unspecified atom stereocenters. The zero-order chi connectivity index (χ0) is 18.3. The third-order valence-corrected chi connectivity index (χ3v) is 4.93. The number of carbonyl (C=O) groups excluding carboxylic acids is 1. The van der Waals surface area contributed by atoms with Crippen molar-refractivity contribution in [3.05, 3.63) is 0 Å². The number of likely N-dealkylation sites (tertiary alicyclic amines) is 1. The number of ether oxygens (including phenoxy) is 1. The van der Waals surface area contributed by atoms with E-state index in [1.807, 2.05) is 20.8 Å². The van der Waals surface area contributed by atoms with Gasteiger partial charge in [-0.15, -0.1) is 0 Å². The first-order valence-corrected chi connectivity index (χ1v) is 9.80. The molecule has 0 bridgehead atoms. The Labute approximate surface area is 152 Å². The average molecular weight is 353 g/mol. The third-order valence-electron chi connectivity index (χ3n) is 4.93. The fraction of sp³-hybridized carbons (Fsp3) is 0.895. The van der Waals surface area contributed by atoms with Gasteiger partial charge in [0.05, 0.1) is 0 Å². The van der Waals surface area contributed by atoms with Gasteiger partial charge in [0.25, 0.3) is 0 Å². The van der Waals surface area contributed by atoms with Gasteiger partial charge in [0.2, 0.25) is 0 Å². The second-order valence-corrected chi connectivity index (χ2v) is 8.28. The molecule has 2 fully saturated rings. The van der Waals surface area contributed by atoms with Crippen LogP contribution in [0.5, 0.6) is 0 Å². The number of carbonyl (C=O) groups is 1. The van der Waals surface area contributed by atoms with Crippen LogP contribution in [0.4, 0.5) is 0 Å². The molecule has 6 heteroatoms. The SMILES string of the molecule is CN=C(NCC(=O)OC(C)(C)C)NC1CCCN(C2CCCCC2)C1. The molecule has 0 radical (unpaired) electrons. The first kappa shape index (κ1) is 20.0. The molecule has 0 spiro atoms. The zero-order valence-electron chi connectivity index (χ0n) is 16.4. The van der Waals surface area contributed by atoms with Crippen molar-refractivity contribution < 1.29 is 9.53 Å². The Hall–Kier alpha value is -1.30. The fourth-order valence-electron chi connectivity index (χ4n) is 3.82. The summed E-state index contributed by atoms with van der Waals surface area (Å²) >= 11 is 0. The lowest BCUT2D eigenvalue weighted by molar-refractivity contribution is -0.153. The Morgan fingerprint density at radius 2 is 1.88 bits per heavy atom. The summed E-state index contributed by atoms with van der Waals surface area (Å²) in [5, 5.41) is 6.56. The summed E-state index contributed by atoms with van der Waals surface area (Å²) in [6.45, 7) is 8.04. The minimum Gasteiger partial charge on any atom is -0.459 e. The first-order valence-electron chi connectivity index (χ1n) is 9.80. The lowest BCUT2D eigenvalue weighted by atomic mass is 9.92. The summed E-state index contributed by atoms with van der Waals surface area (Å²) in [6, 6.07) is 1.15. The summed E-state index contributed by atoms with van der Waals surface area (Å²) in [5.41, 5.74) is -0.459. The number of guanidine groups is 1. The highest BCUT2D eigenvalue weighted by Gasteiger charge is 2.27. The molecule has 1 heterocycles. The van der Waals surface area contributed by atoms with E-state index in [-0.39, 0.29) is 12.5 Å². The Bertz CT molecular complexity index is 453. The van der Waals surface area contributed by atoms with Crippen molar-refractivity contribution in [3.8, 4) is 0 Å². The molecule has 2 N–H and O–H groups in total. The van der Waals surface area contributed by atoms with E-state index in [9.17, 15) is 4.79 Å². The first-order chi connectivity index (χ1) is 11.9. The molecular weight excluding hydrogens is 316 g/mol. The van der Waals surface area contributed by atoms with Gasteiger partial charge >= 0.3 is 5.97 Å². The van der Waals surface area contributed by atoms with Crippen LogP contribution in [0.1, 0.15) is 65.7 Å². The Kier molecular flexibility index (Phi) is 7.54. The van der Waals surface area contributed by atoms with Crippen LogP contribution in [0.3, 0.4) is 0 Å². The van der Waals surface area contributed by atoms with Crippen molar-refractivity contribution in [3.63, 3.8) is 0 Å². The molecule has 0 aromatic heterocycles. The second-order valence-electron chi connectivity index (χ2n) is 8.28. The van der Waals surface area contributed by atoms with Gasteiger partial charge in [-0.1, -0.05) is 19.3 Å². The molecular formula is C19H36N4O2. The van der Waals surface area contributed by atoms with Crippen LogP contribution < -0.4 is 10.6 Å². The summed E-state index contributed by atoms with van der Waals surface area (Å²) < 4.78 is 5.33. The number of nitrogens with one attached hydrogen (secondary N) is 2. The van der Waals surface area contributed by atoms with Gasteiger partial charge in [-0.25, -0.2) is 0 Å². The van der Waals surface area contributed by atoms with E-state index in [1.165, 1.54) is 45.1 Å². The largest absolute Gasteiger partial charge is 0.459 e. The van der Waals surface area contributed by atoms with Crippen LogP contribution >= 0.6 is 0 Å². The van der Waals surface area contributed by atoms with Crippen LogP contribution in [0, 0.1) is 0 Å². The van der Waals surface area contributed by atoms with Crippen LogP contribution in [0.25, 0.3) is 0 Å². The molecule has 0 aromatic rings. The van der Waals surface area contributed by atoms with Gasteiger partial charge in [-0.2, -0.15) is 0 Å². The van der Waals surface area contributed by atoms with Crippen LogP contribution in [-0.4, -0.2) is 61.2 Å². The molecule has 1 saturated carbocycles. The lowest BCUT2D eigenvalue weighted by Crippen LogP contribution is -2.54. The van der Waals surface area contributed by atoms with Crippen molar-refractivity contribution >= 4 is 11.9 Å². The van der Waals surface area contributed by atoms with E-state index in [4.69, 9.17) is 4.74 Å². The van der Waals surface area contributed by atoms with Crippen molar-refractivity contribution in [1.82, 2.24) is 15.5 Å². The molecule has 0 amide bonds. The molecule has 1 saturated heterocycles. The maximum absolute atomic E-state index is 11.9. The number of hydrogen-bond acceptors (Lipinski definition) is 4. The van der Waals surface area contributed by atoms with Crippen molar-refractivity contribution in [2.45, 2.75) is 83.4 Å². The summed E-state index contributed by atoms with van der Waals surface area (Å²) in [5.74, 6) is 0.421. The Morgan fingerprint density at radius 1 is 1.16 bits per heavy atom. The second kappa shape index (κ2) is 9.41. The van der Waals surface area contributed by atoms with Gasteiger partial charge in [0, 0.05) is 25.7 Å². The molecule has 144 valence electrons. The van der Waals surface area contributed by atoms with E-state index in [0.29, 0.717) is 12.0 Å². The van der Waals surface area contributed by atoms with Gasteiger partial charge in [0.1, 0.15) is 12.1 Å². The predicted molar refractivity (Wildman–Crippen MR) is 102 cm³/mol. The van der Waals surface area contributed by atoms with E-state index >= 15 is 0 Å². The Balaban J connectivity index is 1.77. The van der Waals surface area contributed by atoms with Crippen molar-refractivity contribution in [2.75, 3.05) is 26.7 Å². The predicted octanol–water partition coefficient (Wildman–Crippen LogP) is 2.29. The molecule has 6 nitrogen and oxygen atoms in total. The van der Waals surface area contributed by atoms with E-state index in [2.05, 4.69) is 20.5 Å². The monoisotopic (exact) mass is 352 g/mol. The van der Waals surface area contributed by atoms with E-state index < -0.39 is 5.60 Å². The van der Waals surface area contributed by atoms with E-state index in [1.54, 1.807) is 7.05 Å². The fourth-order valence-corrected chi connectivity index (χ4v) is 3.82. The minimum absolute atomic E-state index is 0.135. The van der Waals surface area contributed by atoms with Gasteiger partial charge < -0.3 is 15.4 Å². The van der Waals surface area contributed by atoms with Crippen LogP contribution in [-0.2, 0) is 9.53 Å². The standard InChI is InChI=1S/C19H36N4O2/c1-19(2,3)25-17(24)13-21-18(20-4)22-15-9-8-12-23(14-15)16-10-6-5-7-11-16/h15-16H,5-14H2,1-4H3,(H2,20,21,22). The molecule has 1 aliphatic carbocycles. The van der Waals surface area contributed by atoms with Gasteiger partial charge in [-0.3, -0.25) is 14.7 Å². The van der Waals surface area contributed by atoms with E-state index in [0.717, 1.165) is 19.0 Å². The van der Waals surface area contributed by atoms with Gasteiger partial charge in [-0.05, 0) is 53.0 Å². The van der Waals surface area contributed by atoms with Crippen LogP contribution in [0.2, 0.25) is 0 Å². The zero-order valence-corrected chi connectivity index (χ0v) is 16.4. The maximum atomic E-state index is 11.9. The summed E-state index contributed by atoms with van der Waals surface area (Å²) in [4.78, 5) is 18.8. The number of nitrogens with zero attached hydrogens (tertiary/aromatic N) is 2. The molecule has 25 heavy (non-hydrogen) atoms. The molecule has 1 atom stereocenters. The molecule has 2 rings (SSSR count). The topological polar surface area (TPSA) is 66.0 Å². The van der Waals surface area contributed by atoms with Gasteiger partial charge in [0.15, 0.2) is 5.96 Å². The molecule has 2 aliphatic rings. The highest BCUT2D eigenvalue weighted by atomic mass is 16.6. The number of esters is 1. The highest BCUT2D eigenvalue weighted by Crippen LogP contribution is 2.25. The lowest BCUT2D eigenvalue weighted by Gasteiger charge is -2.40. The highest BCUT2D eigenvalue weighted by molar-refractivity contribution is 5.84. The third kappa shape index (κ3) is 7.22. The van der Waals surface area contributed by atoms with Crippen molar-refractivity contribution in [1.29, 1.82) is 0 Å². The minimum atomic E-state index is -0.459. The average Bonchev–Trinajstić information content (AvgIpc) is 2.58. The summed E-state index contributed by atoms with van der Waals surface area (Å²) in [7, 11) is 1.74. The molecule has 0 aromatic carbocycles. The molecule has 1 aliphatic heterocycles. The number of hydrogen-bond donors (Lipinski definition) is 2. The Morgan fingerprint density at radius 3 is 2.52 bits per heavy atom. The quantitative estimate of drug-likeness (QED) is 0.462. The van der Waals surface area contributed by atoms with Crippen molar-refractivity contribution in [2.24, 2.45) is 4.99 Å². The number of aliphatic imine (C=N–C) groups is 1. The normalized spacial score (nSPS) is 24.0.